The number of carbonyl (C=O) groups is 1. The molecule has 0 spiro atoms. The van der Waals surface area contributed by atoms with E-state index >= 15 is 0 Å². The molecule has 0 saturated carbocycles. The molecule has 4 heteroatoms. The maximum absolute atomic E-state index is 10.9. The van der Waals surface area contributed by atoms with Gasteiger partial charge >= 0.3 is 5.97 Å². The minimum Gasteiger partial charge on any atom is -0.477 e. The van der Waals surface area contributed by atoms with Gasteiger partial charge in [0.2, 0.25) is 0 Å². The fourth-order valence-corrected chi connectivity index (χ4v) is 3.31. The summed E-state index contributed by atoms with van der Waals surface area (Å²) in [5, 5.41) is 10.2. The summed E-state index contributed by atoms with van der Waals surface area (Å²) in [6, 6.07) is 3.97. The van der Waals surface area contributed by atoms with Gasteiger partial charge in [-0.25, -0.2) is 4.79 Å². The van der Waals surface area contributed by atoms with E-state index in [9.17, 15) is 4.79 Å². The van der Waals surface area contributed by atoms with Crippen LogP contribution in [0.15, 0.2) is 12.1 Å². The molecule has 0 radical (unpaired) electrons. The number of thiophene rings is 1. The van der Waals surface area contributed by atoms with Crippen LogP contribution in [0.1, 0.15) is 20.8 Å². The van der Waals surface area contributed by atoms with E-state index in [4.69, 9.17) is 16.7 Å². The lowest BCUT2D eigenvalue weighted by molar-refractivity contribution is 0.0702. The molecule has 1 aromatic carbocycles. The third-order valence-corrected chi connectivity index (χ3v) is 3.88. The minimum absolute atomic E-state index is 0.223. The van der Waals surface area contributed by atoms with Crippen LogP contribution in [0.3, 0.4) is 0 Å². The Kier molecular flexibility index (Phi) is 2.44. The van der Waals surface area contributed by atoms with Gasteiger partial charge in [-0.1, -0.05) is 17.7 Å². The smallest absolute Gasteiger partial charge is 0.347 e. The number of halogens is 1. The van der Waals surface area contributed by atoms with Gasteiger partial charge in [0, 0.05) is 10.1 Å². The third-order valence-electron chi connectivity index (χ3n) is 2.27. The van der Waals surface area contributed by atoms with Crippen molar-refractivity contribution in [2.75, 3.05) is 0 Å². The maximum atomic E-state index is 10.9. The topological polar surface area (TPSA) is 37.3 Å². The molecule has 0 aliphatic carbocycles. The predicted molar refractivity (Wildman–Crippen MR) is 63.3 cm³/mol. The predicted octanol–water partition coefficient (Wildman–Crippen LogP) is 3.87. The van der Waals surface area contributed by atoms with Crippen LogP contribution < -0.4 is 0 Å². The van der Waals surface area contributed by atoms with Gasteiger partial charge in [-0.15, -0.1) is 11.3 Å². The molecule has 0 fully saturated rings. The van der Waals surface area contributed by atoms with Crippen LogP contribution in [0.25, 0.3) is 10.1 Å². The molecule has 2 rings (SSSR count). The van der Waals surface area contributed by atoms with E-state index in [1.807, 2.05) is 26.0 Å². The first-order chi connectivity index (χ1) is 7.00. The van der Waals surface area contributed by atoms with E-state index in [-0.39, 0.29) is 4.88 Å². The van der Waals surface area contributed by atoms with Crippen molar-refractivity contribution in [1.82, 2.24) is 0 Å². The number of hydrogen-bond acceptors (Lipinski definition) is 2. The van der Waals surface area contributed by atoms with E-state index in [1.165, 1.54) is 11.3 Å². The summed E-state index contributed by atoms with van der Waals surface area (Å²) in [5.74, 6) is -0.960. The number of aryl methyl sites for hydroxylation is 2. The zero-order chi connectivity index (χ0) is 11.2. The van der Waals surface area contributed by atoms with Crippen molar-refractivity contribution >= 4 is 39.0 Å². The van der Waals surface area contributed by atoms with Crippen molar-refractivity contribution in [2.45, 2.75) is 13.8 Å². The molecule has 0 aliphatic rings. The molecule has 1 aromatic heterocycles. The molecule has 0 saturated heterocycles. The molecule has 0 atom stereocenters. The highest BCUT2D eigenvalue weighted by Gasteiger charge is 2.17. The standard InChI is InChI=1S/C11H9ClO2S/c1-5-3-6(2)8-7(4-5)15-10(9(8)12)11(13)14/h3-4H,1-2H3,(H,13,14). The van der Waals surface area contributed by atoms with Gasteiger partial charge in [0.05, 0.1) is 5.02 Å². The number of carboxylic acids is 1. The van der Waals surface area contributed by atoms with Crippen LogP contribution in [0.2, 0.25) is 5.02 Å². The van der Waals surface area contributed by atoms with Gasteiger partial charge in [-0.2, -0.15) is 0 Å². The average molecular weight is 241 g/mol. The SMILES string of the molecule is Cc1cc(C)c2c(Cl)c(C(=O)O)sc2c1. The van der Waals surface area contributed by atoms with E-state index in [2.05, 4.69) is 0 Å². The molecule has 78 valence electrons. The second-order valence-electron chi connectivity index (χ2n) is 3.51. The van der Waals surface area contributed by atoms with Gasteiger partial charge < -0.3 is 5.11 Å². The Morgan fingerprint density at radius 2 is 2.07 bits per heavy atom. The first-order valence-corrected chi connectivity index (χ1v) is 5.62. The Balaban J connectivity index is 2.88. The number of rotatable bonds is 1. The van der Waals surface area contributed by atoms with Gasteiger partial charge in [0.15, 0.2) is 0 Å². The molecule has 1 N–H and O–H groups in total. The highest BCUT2D eigenvalue weighted by atomic mass is 35.5. The number of benzene rings is 1. The molecule has 2 nitrogen and oxygen atoms in total. The Morgan fingerprint density at radius 3 is 2.67 bits per heavy atom. The summed E-state index contributed by atoms with van der Waals surface area (Å²) in [4.78, 5) is 11.1. The van der Waals surface area contributed by atoms with Crippen LogP contribution >= 0.6 is 22.9 Å². The zero-order valence-electron chi connectivity index (χ0n) is 8.30. The van der Waals surface area contributed by atoms with Crippen LogP contribution in [0.4, 0.5) is 0 Å². The molecule has 2 aromatic rings. The van der Waals surface area contributed by atoms with Crippen LogP contribution in [-0.4, -0.2) is 11.1 Å². The fourth-order valence-electron chi connectivity index (χ4n) is 1.70. The lowest BCUT2D eigenvalue weighted by Crippen LogP contribution is -1.91. The quantitative estimate of drug-likeness (QED) is 0.822. The average Bonchev–Trinajstić information content (AvgIpc) is 2.42. The van der Waals surface area contributed by atoms with Crippen LogP contribution in [0.5, 0.6) is 0 Å². The molecule has 0 unspecified atom stereocenters. The van der Waals surface area contributed by atoms with Crippen molar-refractivity contribution in [2.24, 2.45) is 0 Å². The lowest BCUT2D eigenvalue weighted by atomic mass is 10.1. The van der Waals surface area contributed by atoms with E-state index in [0.29, 0.717) is 5.02 Å². The van der Waals surface area contributed by atoms with Crippen LogP contribution in [-0.2, 0) is 0 Å². The van der Waals surface area contributed by atoms with Gasteiger partial charge in [-0.3, -0.25) is 0 Å². The Morgan fingerprint density at radius 1 is 1.40 bits per heavy atom. The molecular weight excluding hydrogens is 232 g/mol. The summed E-state index contributed by atoms with van der Waals surface area (Å²) in [6.45, 7) is 3.93. The van der Waals surface area contributed by atoms with Crippen LogP contribution in [0, 0.1) is 13.8 Å². The van der Waals surface area contributed by atoms with E-state index in [0.717, 1.165) is 21.2 Å². The number of hydrogen-bond donors (Lipinski definition) is 1. The normalized spacial score (nSPS) is 10.9. The molecule has 0 amide bonds. The molecule has 0 bridgehead atoms. The first-order valence-electron chi connectivity index (χ1n) is 4.43. The van der Waals surface area contributed by atoms with Crippen molar-refractivity contribution < 1.29 is 9.90 Å². The fraction of sp³-hybridized carbons (Fsp3) is 0.182. The highest BCUT2D eigenvalue weighted by Crippen LogP contribution is 2.37. The van der Waals surface area contributed by atoms with E-state index in [1.54, 1.807) is 0 Å². The Hall–Kier alpha value is -1.06. The number of aromatic carboxylic acids is 1. The first kappa shape index (κ1) is 10.5. The molecule has 1 heterocycles. The summed E-state index contributed by atoms with van der Waals surface area (Å²) in [5.41, 5.74) is 2.15. The summed E-state index contributed by atoms with van der Waals surface area (Å²) >= 11 is 7.27. The van der Waals surface area contributed by atoms with Crippen molar-refractivity contribution in [3.8, 4) is 0 Å². The van der Waals surface area contributed by atoms with Gasteiger partial charge in [0.1, 0.15) is 4.88 Å². The summed E-state index contributed by atoms with van der Waals surface area (Å²) < 4.78 is 0.940. The molecular formula is C11H9ClO2S. The second-order valence-corrected chi connectivity index (χ2v) is 4.94. The number of fused-ring (bicyclic) bond motifs is 1. The van der Waals surface area contributed by atoms with Crippen molar-refractivity contribution in [3.05, 3.63) is 33.2 Å². The van der Waals surface area contributed by atoms with Crippen molar-refractivity contribution in [3.63, 3.8) is 0 Å². The lowest BCUT2D eigenvalue weighted by Gasteiger charge is -1.98. The van der Waals surface area contributed by atoms with E-state index < -0.39 is 5.97 Å². The largest absolute Gasteiger partial charge is 0.477 e. The maximum Gasteiger partial charge on any atom is 0.347 e. The summed E-state index contributed by atoms with van der Waals surface area (Å²) in [6.07, 6.45) is 0. The Labute approximate surface area is 96.1 Å². The highest BCUT2D eigenvalue weighted by molar-refractivity contribution is 7.21. The monoisotopic (exact) mass is 240 g/mol. The van der Waals surface area contributed by atoms with Gasteiger partial charge in [0.25, 0.3) is 0 Å². The minimum atomic E-state index is -0.960. The Bertz CT molecular complexity index is 557. The number of carboxylic acid groups (broad SMARTS) is 1. The molecule has 15 heavy (non-hydrogen) atoms. The summed E-state index contributed by atoms with van der Waals surface area (Å²) in [7, 11) is 0. The second kappa shape index (κ2) is 3.51. The van der Waals surface area contributed by atoms with Gasteiger partial charge in [-0.05, 0) is 31.0 Å². The molecule has 0 aliphatic heterocycles. The van der Waals surface area contributed by atoms with Crippen molar-refractivity contribution in [1.29, 1.82) is 0 Å². The third kappa shape index (κ3) is 1.62. The zero-order valence-corrected chi connectivity index (χ0v) is 9.87.